The summed E-state index contributed by atoms with van der Waals surface area (Å²) in [6, 6.07) is 0. The van der Waals surface area contributed by atoms with Crippen LogP contribution in [0.3, 0.4) is 0 Å². The molecule has 68 valence electrons. The van der Waals surface area contributed by atoms with Gasteiger partial charge in [-0.2, -0.15) is 0 Å². The van der Waals surface area contributed by atoms with E-state index in [0.717, 1.165) is 0 Å². The Bertz CT molecular complexity index is 97.9. The van der Waals surface area contributed by atoms with Gasteiger partial charge in [0.15, 0.2) is 0 Å². The van der Waals surface area contributed by atoms with E-state index in [1.165, 1.54) is 12.0 Å². The van der Waals surface area contributed by atoms with Gasteiger partial charge in [0.05, 0.1) is 0 Å². The summed E-state index contributed by atoms with van der Waals surface area (Å²) in [5.41, 5.74) is 0. The van der Waals surface area contributed by atoms with E-state index < -0.39 is 12.5 Å². The summed E-state index contributed by atoms with van der Waals surface area (Å²) < 4.78 is 4.94. The summed E-state index contributed by atoms with van der Waals surface area (Å²) in [6.45, 7) is 4.93. The highest BCUT2D eigenvalue weighted by Gasteiger charge is 2.21. The summed E-state index contributed by atoms with van der Waals surface area (Å²) in [6.07, 6.45) is -1.69. The minimum Gasteiger partial charge on any atom is -0.379 e. The topological polar surface area (TPSA) is 52.9 Å². The largest absolute Gasteiger partial charge is 0.379 e. The van der Waals surface area contributed by atoms with Gasteiger partial charge in [-0.25, -0.2) is 4.90 Å². The molecule has 2 N–H and O–H groups in total. The minimum absolute atomic E-state index is 0.282. The number of hydrogen-bond acceptors (Lipinski definition) is 4. The lowest BCUT2D eigenvalue weighted by molar-refractivity contribution is -0.170. The van der Waals surface area contributed by atoms with Crippen LogP contribution in [0.25, 0.3) is 0 Å². The molecule has 4 heteroatoms. The van der Waals surface area contributed by atoms with Gasteiger partial charge in [0, 0.05) is 7.11 Å². The molecule has 0 saturated carbocycles. The number of hydrogen-bond donors (Lipinski definition) is 2. The van der Waals surface area contributed by atoms with E-state index >= 15 is 0 Å². The van der Waals surface area contributed by atoms with Crippen molar-refractivity contribution >= 4 is 0 Å². The highest BCUT2D eigenvalue weighted by atomic mass is 16.5. The van der Waals surface area contributed by atoms with E-state index in [1.807, 2.05) is 0 Å². The van der Waals surface area contributed by atoms with Crippen LogP contribution in [-0.4, -0.2) is 40.9 Å². The molecule has 0 aromatic heterocycles. The molecule has 0 aliphatic carbocycles. The number of ether oxygens (including phenoxy) is 1. The highest BCUT2D eigenvalue weighted by Crippen LogP contribution is 2.07. The van der Waals surface area contributed by atoms with Gasteiger partial charge in [0.2, 0.25) is 0 Å². The Morgan fingerprint density at radius 1 is 1.09 bits per heavy atom. The van der Waals surface area contributed by atoms with Crippen LogP contribution >= 0.6 is 0 Å². The van der Waals surface area contributed by atoms with E-state index in [2.05, 4.69) is 0 Å². The van der Waals surface area contributed by atoms with Crippen LogP contribution in [0.1, 0.15) is 20.8 Å². The van der Waals surface area contributed by atoms with Crippen LogP contribution in [0, 0.1) is 0 Å². The first kappa shape index (κ1) is 10.8. The monoisotopic (exact) mass is 163 g/mol. The zero-order valence-electron chi connectivity index (χ0n) is 7.48. The smallest absolute Gasteiger partial charge is 0.111 e. The molecule has 0 aromatic carbocycles. The van der Waals surface area contributed by atoms with E-state index in [4.69, 9.17) is 4.74 Å². The van der Waals surface area contributed by atoms with Crippen LogP contribution in [-0.2, 0) is 4.74 Å². The van der Waals surface area contributed by atoms with Gasteiger partial charge < -0.3 is 14.9 Å². The van der Waals surface area contributed by atoms with Crippen molar-refractivity contribution in [3.05, 3.63) is 0 Å². The first-order chi connectivity index (χ1) is 5.00. The molecular formula is C7H17NO3. The molecule has 3 unspecified atom stereocenters. The second-order valence-electron chi connectivity index (χ2n) is 2.55. The third-order valence-electron chi connectivity index (χ3n) is 1.62. The number of aliphatic hydroxyl groups excluding tert-OH is 2. The van der Waals surface area contributed by atoms with Crippen molar-refractivity contribution in [3.8, 4) is 0 Å². The Balaban J connectivity index is 4.09. The average molecular weight is 163 g/mol. The van der Waals surface area contributed by atoms with Crippen molar-refractivity contribution < 1.29 is 14.9 Å². The molecule has 0 amide bonds. The number of methoxy groups -OCH3 is 1. The fourth-order valence-corrected chi connectivity index (χ4v) is 1.04. The summed E-state index contributed by atoms with van der Waals surface area (Å²) >= 11 is 0. The Kier molecular flexibility index (Phi) is 4.60. The highest BCUT2D eigenvalue weighted by molar-refractivity contribution is 4.60. The van der Waals surface area contributed by atoms with Crippen LogP contribution < -0.4 is 0 Å². The lowest BCUT2D eigenvalue weighted by Gasteiger charge is -2.32. The van der Waals surface area contributed by atoms with Gasteiger partial charge >= 0.3 is 0 Å². The quantitative estimate of drug-likeness (QED) is 0.571. The van der Waals surface area contributed by atoms with Crippen molar-refractivity contribution in [1.29, 1.82) is 0 Å². The van der Waals surface area contributed by atoms with Crippen molar-refractivity contribution in [3.63, 3.8) is 0 Å². The van der Waals surface area contributed by atoms with Crippen LogP contribution in [0.4, 0.5) is 0 Å². The van der Waals surface area contributed by atoms with Crippen LogP contribution in [0.2, 0.25) is 0 Å². The predicted molar refractivity (Wildman–Crippen MR) is 41.7 cm³/mol. The SMILES string of the molecule is COC(C)N(C(C)O)C(C)O. The maximum atomic E-state index is 9.17. The van der Waals surface area contributed by atoms with Gasteiger partial charge in [-0.15, -0.1) is 0 Å². The molecule has 0 radical (unpaired) electrons. The lowest BCUT2D eigenvalue weighted by Crippen LogP contribution is -2.46. The summed E-state index contributed by atoms with van der Waals surface area (Å²) in [5, 5.41) is 18.3. The van der Waals surface area contributed by atoms with E-state index in [9.17, 15) is 10.2 Å². The standard InChI is InChI=1S/C7H17NO3/c1-5(9)8(6(2)10)7(3)11-4/h5-7,9-10H,1-4H3. The molecule has 0 bridgehead atoms. The Hall–Kier alpha value is -0.160. The molecule has 0 aliphatic rings. The molecule has 11 heavy (non-hydrogen) atoms. The normalized spacial score (nSPS) is 19.9. The molecule has 3 atom stereocenters. The second kappa shape index (κ2) is 4.66. The van der Waals surface area contributed by atoms with Crippen molar-refractivity contribution in [2.45, 2.75) is 39.5 Å². The third-order valence-corrected chi connectivity index (χ3v) is 1.62. The maximum Gasteiger partial charge on any atom is 0.111 e. The molecule has 0 aliphatic heterocycles. The zero-order chi connectivity index (χ0) is 9.02. The van der Waals surface area contributed by atoms with Crippen molar-refractivity contribution in [2.75, 3.05) is 7.11 Å². The van der Waals surface area contributed by atoms with E-state index in [1.54, 1.807) is 20.8 Å². The number of aliphatic hydroxyl groups is 2. The minimum atomic E-state index is -0.704. The van der Waals surface area contributed by atoms with Crippen LogP contribution in [0.15, 0.2) is 0 Å². The van der Waals surface area contributed by atoms with Gasteiger partial charge in [-0.3, -0.25) is 0 Å². The summed E-state index contributed by atoms with van der Waals surface area (Å²) in [4.78, 5) is 1.44. The second-order valence-corrected chi connectivity index (χ2v) is 2.55. The molecule has 0 aromatic rings. The molecule has 0 fully saturated rings. The first-order valence-corrected chi connectivity index (χ1v) is 3.67. The molecule has 0 spiro atoms. The first-order valence-electron chi connectivity index (χ1n) is 3.67. The molecule has 0 saturated heterocycles. The van der Waals surface area contributed by atoms with Gasteiger partial charge in [-0.1, -0.05) is 0 Å². The third kappa shape index (κ3) is 3.16. The van der Waals surface area contributed by atoms with Crippen molar-refractivity contribution in [2.24, 2.45) is 0 Å². The fraction of sp³-hybridized carbons (Fsp3) is 1.00. The average Bonchev–Trinajstić information content (AvgIpc) is 1.85. The fourth-order valence-electron chi connectivity index (χ4n) is 1.04. The zero-order valence-corrected chi connectivity index (χ0v) is 7.48. The number of nitrogens with zero attached hydrogens (tertiary/aromatic N) is 1. The molecule has 4 nitrogen and oxygen atoms in total. The van der Waals surface area contributed by atoms with Gasteiger partial charge in [0.25, 0.3) is 0 Å². The van der Waals surface area contributed by atoms with Gasteiger partial charge in [-0.05, 0) is 20.8 Å². The molecule has 0 rings (SSSR count). The van der Waals surface area contributed by atoms with E-state index in [-0.39, 0.29) is 6.23 Å². The lowest BCUT2D eigenvalue weighted by atomic mass is 10.4. The number of rotatable bonds is 4. The molecular weight excluding hydrogens is 146 g/mol. The Labute approximate surface area is 67.4 Å². The Morgan fingerprint density at radius 3 is 1.55 bits per heavy atom. The summed E-state index contributed by atoms with van der Waals surface area (Å²) in [7, 11) is 1.53. The molecule has 0 heterocycles. The Morgan fingerprint density at radius 2 is 1.45 bits per heavy atom. The summed E-state index contributed by atoms with van der Waals surface area (Å²) in [5.74, 6) is 0. The predicted octanol–water partition coefficient (Wildman–Crippen LogP) is -0.0426. The van der Waals surface area contributed by atoms with E-state index in [0.29, 0.717) is 0 Å². The van der Waals surface area contributed by atoms with Crippen molar-refractivity contribution in [1.82, 2.24) is 4.90 Å². The maximum absolute atomic E-state index is 9.17. The van der Waals surface area contributed by atoms with Gasteiger partial charge in [0.1, 0.15) is 18.7 Å². The van der Waals surface area contributed by atoms with Crippen LogP contribution in [0.5, 0.6) is 0 Å².